The maximum absolute atomic E-state index is 12.0. The molecule has 0 amide bonds. The van der Waals surface area contributed by atoms with Crippen molar-refractivity contribution in [3.63, 3.8) is 0 Å². The van der Waals surface area contributed by atoms with Crippen molar-refractivity contribution in [1.29, 1.82) is 0 Å². The lowest BCUT2D eigenvalue weighted by molar-refractivity contribution is 0.0393. The van der Waals surface area contributed by atoms with Gasteiger partial charge in [-0.05, 0) is 48.9 Å². The van der Waals surface area contributed by atoms with Crippen LogP contribution in [0.25, 0.3) is 0 Å². The minimum Gasteiger partial charge on any atom is -0.465 e. The highest BCUT2D eigenvalue weighted by atomic mass is 16.5. The molecule has 4 nitrogen and oxygen atoms in total. The van der Waals surface area contributed by atoms with Gasteiger partial charge in [-0.15, -0.1) is 0 Å². The third-order valence-electron chi connectivity index (χ3n) is 4.54. The summed E-state index contributed by atoms with van der Waals surface area (Å²) in [6, 6.07) is 6.36. The number of esters is 2. The molecule has 0 unspecified atom stereocenters. The van der Waals surface area contributed by atoms with Gasteiger partial charge in [0.1, 0.15) is 0 Å². The maximum atomic E-state index is 12.0. The Morgan fingerprint density at radius 3 is 1.95 bits per heavy atom. The molecule has 0 aromatic heterocycles. The zero-order valence-corrected chi connectivity index (χ0v) is 13.3. The van der Waals surface area contributed by atoms with Crippen molar-refractivity contribution in [2.45, 2.75) is 39.0 Å². The first-order valence-electron chi connectivity index (χ1n) is 7.99. The van der Waals surface area contributed by atoms with E-state index in [0.29, 0.717) is 23.7 Å². The normalized spacial score (nSPS) is 21.2. The van der Waals surface area contributed by atoms with Gasteiger partial charge in [0.05, 0.1) is 24.8 Å². The largest absolute Gasteiger partial charge is 0.465 e. The Hall–Kier alpha value is -1.84. The molecule has 1 aliphatic carbocycles. The molecule has 0 N–H and O–H groups in total. The van der Waals surface area contributed by atoms with Gasteiger partial charge < -0.3 is 9.47 Å². The summed E-state index contributed by atoms with van der Waals surface area (Å²) < 4.78 is 10.0. The van der Waals surface area contributed by atoms with Crippen molar-refractivity contribution in [2.24, 2.45) is 11.8 Å². The summed E-state index contributed by atoms with van der Waals surface area (Å²) in [5, 5.41) is 0. The molecule has 1 aromatic rings. The van der Waals surface area contributed by atoms with E-state index >= 15 is 0 Å². The van der Waals surface area contributed by atoms with Gasteiger partial charge >= 0.3 is 11.9 Å². The van der Waals surface area contributed by atoms with Crippen LogP contribution in [0.3, 0.4) is 0 Å². The van der Waals surface area contributed by atoms with Crippen LogP contribution in [0.5, 0.6) is 0 Å². The summed E-state index contributed by atoms with van der Waals surface area (Å²) in [5.74, 6) is 0.598. The Morgan fingerprint density at radius 2 is 1.45 bits per heavy atom. The van der Waals surface area contributed by atoms with Gasteiger partial charge in [-0.2, -0.15) is 0 Å². The molecule has 1 aromatic carbocycles. The van der Waals surface area contributed by atoms with Gasteiger partial charge in [-0.1, -0.05) is 26.2 Å². The third-order valence-corrected chi connectivity index (χ3v) is 4.54. The monoisotopic (exact) mass is 304 g/mol. The first-order valence-corrected chi connectivity index (χ1v) is 7.99. The summed E-state index contributed by atoms with van der Waals surface area (Å²) in [5.41, 5.74) is 0.895. The van der Waals surface area contributed by atoms with Gasteiger partial charge in [0.2, 0.25) is 0 Å². The number of carbonyl (C=O) groups is 2. The molecule has 0 spiro atoms. The fourth-order valence-corrected chi connectivity index (χ4v) is 2.94. The fraction of sp³-hybridized carbons (Fsp3) is 0.556. The quantitative estimate of drug-likeness (QED) is 0.775. The van der Waals surface area contributed by atoms with Crippen LogP contribution in [-0.4, -0.2) is 25.7 Å². The Balaban J connectivity index is 1.81. The van der Waals surface area contributed by atoms with Crippen LogP contribution in [-0.2, 0) is 9.47 Å². The minimum atomic E-state index is -0.410. The van der Waals surface area contributed by atoms with Crippen LogP contribution in [0.2, 0.25) is 0 Å². The van der Waals surface area contributed by atoms with E-state index in [0.717, 1.165) is 18.8 Å². The topological polar surface area (TPSA) is 52.6 Å². The number of carbonyl (C=O) groups excluding carboxylic acids is 2. The molecule has 120 valence electrons. The summed E-state index contributed by atoms with van der Waals surface area (Å²) in [7, 11) is 1.33. The summed E-state index contributed by atoms with van der Waals surface area (Å²) in [6.07, 6.45) is 6.03. The zero-order chi connectivity index (χ0) is 15.9. The Kier molecular flexibility index (Phi) is 5.99. The van der Waals surface area contributed by atoms with E-state index in [1.165, 1.54) is 26.4 Å². The van der Waals surface area contributed by atoms with E-state index < -0.39 is 5.97 Å². The summed E-state index contributed by atoms with van der Waals surface area (Å²) in [6.45, 7) is 2.73. The maximum Gasteiger partial charge on any atom is 0.338 e. The molecule has 4 heteroatoms. The lowest BCUT2D eigenvalue weighted by Gasteiger charge is -2.27. The highest BCUT2D eigenvalue weighted by Crippen LogP contribution is 2.30. The van der Waals surface area contributed by atoms with Crippen molar-refractivity contribution in [2.75, 3.05) is 13.7 Å². The molecule has 22 heavy (non-hydrogen) atoms. The molecular weight excluding hydrogens is 280 g/mol. The van der Waals surface area contributed by atoms with Crippen molar-refractivity contribution in [1.82, 2.24) is 0 Å². The van der Waals surface area contributed by atoms with Crippen molar-refractivity contribution in [3.05, 3.63) is 35.4 Å². The van der Waals surface area contributed by atoms with Gasteiger partial charge in [0.25, 0.3) is 0 Å². The second-order valence-corrected chi connectivity index (χ2v) is 5.96. The first-order chi connectivity index (χ1) is 10.6. The number of rotatable bonds is 5. The lowest BCUT2D eigenvalue weighted by Crippen LogP contribution is -2.20. The number of ether oxygens (including phenoxy) is 2. The number of hydrogen-bond donors (Lipinski definition) is 0. The zero-order valence-electron chi connectivity index (χ0n) is 13.3. The van der Waals surface area contributed by atoms with Crippen LogP contribution in [0.4, 0.5) is 0 Å². The van der Waals surface area contributed by atoms with Crippen LogP contribution in [0.15, 0.2) is 24.3 Å². The fourth-order valence-electron chi connectivity index (χ4n) is 2.94. The molecule has 0 saturated heterocycles. The van der Waals surface area contributed by atoms with E-state index in [1.54, 1.807) is 24.3 Å². The lowest BCUT2D eigenvalue weighted by atomic mass is 9.81. The van der Waals surface area contributed by atoms with Crippen molar-refractivity contribution >= 4 is 11.9 Å². The average Bonchev–Trinajstić information content (AvgIpc) is 2.59. The minimum absolute atomic E-state index is 0.325. The van der Waals surface area contributed by atoms with E-state index in [9.17, 15) is 9.59 Å². The van der Waals surface area contributed by atoms with E-state index in [1.807, 2.05) is 0 Å². The van der Waals surface area contributed by atoms with Gasteiger partial charge in [-0.3, -0.25) is 0 Å². The second-order valence-electron chi connectivity index (χ2n) is 5.96. The van der Waals surface area contributed by atoms with E-state index in [2.05, 4.69) is 11.7 Å². The smallest absolute Gasteiger partial charge is 0.338 e. The van der Waals surface area contributed by atoms with Gasteiger partial charge in [0.15, 0.2) is 0 Å². The first kappa shape index (κ1) is 16.5. The Bertz CT molecular complexity index is 498. The molecule has 1 saturated carbocycles. The van der Waals surface area contributed by atoms with Crippen molar-refractivity contribution < 1.29 is 19.1 Å². The molecule has 0 heterocycles. The van der Waals surface area contributed by atoms with E-state index in [4.69, 9.17) is 4.74 Å². The summed E-state index contributed by atoms with van der Waals surface area (Å²) in [4.78, 5) is 23.4. The molecule has 0 atom stereocenters. The summed E-state index contributed by atoms with van der Waals surface area (Å²) >= 11 is 0. The van der Waals surface area contributed by atoms with E-state index in [-0.39, 0.29) is 5.97 Å². The Morgan fingerprint density at radius 1 is 0.955 bits per heavy atom. The highest BCUT2D eigenvalue weighted by molar-refractivity contribution is 5.93. The Labute approximate surface area is 131 Å². The highest BCUT2D eigenvalue weighted by Gasteiger charge is 2.21. The van der Waals surface area contributed by atoms with Crippen LogP contribution >= 0.6 is 0 Å². The van der Waals surface area contributed by atoms with Crippen LogP contribution in [0.1, 0.15) is 59.7 Å². The van der Waals surface area contributed by atoms with Gasteiger partial charge in [-0.25, -0.2) is 9.59 Å². The predicted octanol–water partition coefficient (Wildman–Crippen LogP) is 3.85. The molecular formula is C18H24O4. The molecule has 1 aliphatic rings. The standard InChI is InChI=1S/C18H24O4/c1-3-13-4-6-14(7-5-13)12-22-18(20)16-10-8-15(9-11-16)17(19)21-2/h8-11,13-14H,3-7,12H2,1-2H3. The number of hydrogen-bond acceptors (Lipinski definition) is 4. The van der Waals surface area contributed by atoms with Gasteiger partial charge in [0, 0.05) is 0 Å². The van der Waals surface area contributed by atoms with Crippen LogP contribution < -0.4 is 0 Å². The van der Waals surface area contributed by atoms with Crippen LogP contribution in [0, 0.1) is 11.8 Å². The van der Waals surface area contributed by atoms with Crippen molar-refractivity contribution in [3.8, 4) is 0 Å². The third kappa shape index (κ3) is 4.33. The molecule has 1 fully saturated rings. The average molecular weight is 304 g/mol. The molecule has 0 aliphatic heterocycles. The molecule has 2 rings (SSSR count). The second kappa shape index (κ2) is 7.97. The molecule has 0 bridgehead atoms. The number of methoxy groups -OCH3 is 1. The SMILES string of the molecule is CCC1CCC(COC(=O)c2ccc(C(=O)OC)cc2)CC1. The predicted molar refractivity (Wildman–Crippen MR) is 83.8 cm³/mol. The number of benzene rings is 1. The molecule has 0 radical (unpaired) electrons.